The highest BCUT2D eigenvalue weighted by Gasteiger charge is 2.36. The van der Waals surface area contributed by atoms with Crippen LogP contribution >= 0.6 is 7.60 Å². The summed E-state index contributed by atoms with van der Waals surface area (Å²) in [6.07, 6.45) is 1.48. The number of ether oxygens (including phenoxy) is 1. The Bertz CT molecular complexity index is 554. The first-order chi connectivity index (χ1) is 10.5. The van der Waals surface area contributed by atoms with Gasteiger partial charge in [0.25, 0.3) is 0 Å². The largest absolute Gasteiger partial charge is 0.393 e. The number of rotatable bonds is 10. The Morgan fingerprint density at radius 1 is 1.41 bits per heavy atom. The second-order valence-electron chi connectivity index (χ2n) is 4.21. The Kier molecular flexibility index (Phi) is 7.70. The Balaban J connectivity index is 2.66. The third kappa shape index (κ3) is 5.19. The fourth-order valence-electron chi connectivity index (χ4n) is 1.71. The van der Waals surface area contributed by atoms with Gasteiger partial charge in [0.15, 0.2) is 5.85 Å². The summed E-state index contributed by atoms with van der Waals surface area (Å²) in [6.45, 7) is 3.34. The number of anilines is 1. The molecule has 1 heterocycles. The lowest BCUT2D eigenvalue weighted by molar-refractivity contribution is 0.0313. The van der Waals surface area contributed by atoms with Gasteiger partial charge in [0, 0.05) is 6.20 Å². The van der Waals surface area contributed by atoms with Crippen LogP contribution in [0, 0.1) is 0 Å². The first-order valence-electron chi connectivity index (χ1n) is 6.91. The minimum absolute atomic E-state index is 0.0286. The molecule has 0 bridgehead atoms. The molecule has 0 amide bonds. The zero-order valence-electron chi connectivity index (χ0n) is 12.7. The summed E-state index contributed by atoms with van der Waals surface area (Å²) in [5.41, 5.74) is 4.88. The molecule has 1 unspecified atom stereocenters. The molecule has 0 aliphatic rings. The van der Waals surface area contributed by atoms with Crippen molar-refractivity contribution in [3.63, 3.8) is 0 Å². The van der Waals surface area contributed by atoms with E-state index in [-0.39, 0.29) is 32.2 Å². The number of hydrogen-bond acceptors (Lipinski definition) is 8. The molecule has 0 spiro atoms. The second-order valence-corrected chi connectivity index (χ2v) is 6.38. The minimum atomic E-state index is -3.57. The zero-order chi connectivity index (χ0) is 16.6. The zero-order valence-corrected chi connectivity index (χ0v) is 13.6. The van der Waals surface area contributed by atoms with E-state index in [4.69, 9.17) is 19.5 Å². The molecule has 9 nitrogen and oxygen atoms in total. The molecule has 1 aromatic heterocycles. The third-order valence-electron chi connectivity index (χ3n) is 2.67. The molecule has 0 fully saturated rings. The maximum atomic E-state index is 12.5. The maximum absolute atomic E-state index is 12.5. The fourth-order valence-corrected chi connectivity index (χ4v) is 3.32. The van der Waals surface area contributed by atoms with Crippen molar-refractivity contribution in [1.82, 2.24) is 9.55 Å². The van der Waals surface area contributed by atoms with E-state index < -0.39 is 25.7 Å². The van der Waals surface area contributed by atoms with Crippen LogP contribution < -0.4 is 11.4 Å². The highest BCUT2D eigenvalue weighted by Crippen LogP contribution is 2.53. The van der Waals surface area contributed by atoms with E-state index in [9.17, 15) is 14.5 Å². The maximum Gasteiger partial charge on any atom is 0.361 e. The molecule has 0 saturated carbocycles. The molecule has 22 heavy (non-hydrogen) atoms. The van der Waals surface area contributed by atoms with Crippen molar-refractivity contribution >= 4 is 13.4 Å². The van der Waals surface area contributed by atoms with Crippen LogP contribution in [0.2, 0.25) is 0 Å². The van der Waals surface area contributed by atoms with Gasteiger partial charge in [-0.25, -0.2) is 4.79 Å². The topological polar surface area (TPSA) is 126 Å². The summed E-state index contributed by atoms with van der Waals surface area (Å²) in [7, 11) is -3.57. The highest BCUT2D eigenvalue weighted by atomic mass is 31.2. The van der Waals surface area contributed by atoms with Crippen LogP contribution in [0.1, 0.15) is 13.8 Å². The van der Waals surface area contributed by atoms with Crippen LogP contribution in [0.25, 0.3) is 0 Å². The molecule has 0 saturated heterocycles. The molecule has 0 aromatic carbocycles. The smallest absolute Gasteiger partial charge is 0.361 e. The summed E-state index contributed by atoms with van der Waals surface area (Å²) >= 11 is 0. The van der Waals surface area contributed by atoms with Crippen LogP contribution in [0.15, 0.2) is 17.1 Å². The third-order valence-corrected chi connectivity index (χ3v) is 4.92. The van der Waals surface area contributed by atoms with E-state index in [1.54, 1.807) is 13.8 Å². The number of nitrogens with zero attached hydrogens (tertiary/aromatic N) is 2. The monoisotopic (exact) mass is 335 g/mol. The average Bonchev–Trinajstić information content (AvgIpc) is 2.46. The second kappa shape index (κ2) is 9.02. The predicted octanol–water partition coefficient (Wildman–Crippen LogP) is 0.427. The van der Waals surface area contributed by atoms with Gasteiger partial charge in [0.05, 0.1) is 33.0 Å². The number of aliphatic hydroxyl groups is 1. The van der Waals surface area contributed by atoms with E-state index in [2.05, 4.69) is 4.98 Å². The Hall–Kier alpha value is -1.25. The van der Waals surface area contributed by atoms with E-state index in [0.29, 0.717) is 0 Å². The molecular weight excluding hydrogens is 313 g/mol. The molecular formula is C12H22N3O6P. The van der Waals surface area contributed by atoms with Crippen LogP contribution in [-0.4, -0.2) is 46.9 Å². The molecule has 0 aliphatic heterocycles. The molecule has 0 radical (unpaired) electrons. The lowest BCUT2D eigenvalue weighted by Gasteiger charge is -2.24. The Morgan fingerprint density at radius 3 is 2.55 bits per heavy atom. The molecule has 10 heteroatoms. The highest BCUT2D eigenvalue weighted by molar-refractivity contribution is 7.54. The molecule has 3 N–H and O–H groups in total. The molecule has 126 valence electrons. The molecule has 1 aromatic rings. The summed E-state index contributed by atoms with van der Waals surface area (Å²) in [6, 6.07) is 1.48. The van der Waals surface area contributed by atoms with Gasteiger partial charge in [-0.1, -0.05) is 0 Å². The van der Waals surface area contributed by atoms with Gasteiger partial charge in [0.1, 0.15) is 5.82 Å². The van der Waals surface area contributed by atoms with Crippen LogP contribution in [0.3, 0.4) is 0 Å². The van der Waals surface area contributed by atoms with Gasteiger partial charge in [-0.15, -0.1) is 0 Å². The number of nitrogens with two attached hydrogens (primary N) is 1. The van der Waals surface area contributed by atoms with Crippen molar-refractivity contribution in [3.05, 3.63) is 22.7 Å². The first kappa shape index (κ1) is 18.8. The van der Waals surface area contributed by atoms with Crippen molar-refractivity contribution in [1.29, 1.82) is 0 Å². The van der Waals surface area contributed by atoms with Crippen LogP contribution in [0.4, 0.5) is 5.82 Å². The van der Waals surface area contributed by atoms with Gasteiger partial charge >= 0.3 is 13.3 Å². The Labute approximate surface area is 128 Å². The lowest BCUT2D eigenvalue weighted by atomic mass is 10.5. The number of nitrogen functional groups attached to an aromatic ring is 1. The first-order valence-corrected chi connectivity index (χ1v) is 8.52. The lowest BCUT2D eigenvalue weighted by Crippen LogP contribution is -2.28. The van der Waals surface area contributed by atoms with Crippen LogP contribution in [-0.2, 0) is 24.9 Å². The van der Waals surface area contributed by atoms with Gasteiger partial charge in [-0.2, -0.15) is 4.98 Å². The van der Waals surface area contributed by atoms with E-state index in [1.165, 1.54) is 16.8 Å². The summed E-state index contributed by atoms with van der Waals surface area (Å²) in [5, 5.41) is 9.35. The average molecular weight is 335 g/mol. The van der Waals surface area contributed by atoms with E-state index >= 15 is 0 Å². The SMILES string of the molecule is CCOP(=O)(OCC)C(CO)OCCn1ccc(N)nc1=O. The number of hydrogen-bond donors (Lipinski definition) is 2. The normalized spacial score (nSPS) is 13.2. The van der Waals surface area contributed by atoms with Crippen molar-refractivity contribution in [3.8, 4) is 0 Å². The van der Waals surface area contributed by atoms with Crippen molar-refractivity contribution < 1.29 is 23.5 Å². The number of aromatic nitrogens is 2. The molecule has 0 aliphatic carbocycles. The quantitative estimate of drug-likeness (QED) is 0.589. The van der Waals surface area contributed by atoms with E-state index in [1.807, 2.05) is 0 Å². The summed E-state index contributed by atoms with van der Waals surface area (Å²) < 4.78 is 29.4. The van der Waals surface area contributed by atoms with Crippen molar-refractivity contribution in [2.75, 3.05) is 32.2 Å². The fraction of sp³-hybridized carbons (Fsp3) is 0.667. The van der Waals surface area contributed by atoms with E-state index in [0.717, 1.165) is 0 Å². The van der Waals surface area contributed by atoms with Crippen LogP contribution in [0.5, 0.6) is 0 Å². The van der Waals surface area contributed by atoms with Gasteiger partial charge < -0.3 is 24.6 Å². The van der Waals surface area contributed by atoms with Gasteiger partial charge in [-0.3, -0.25) is 9.13 Å². The summed E-state index contributed by atoms with van der Waals surface area (Å²) in [5.74, 6) is -0.975. The van der Waals surface area contributed by atoms with Crippen molar-refractivity contribution in [2.24, 2.45) is 0 Å². The number of aliphatic hydroxyl groups excluding tert-OH is 1. The standard InChI is InChI=1S/C12H22N3O6P/c1-3-20-22(18,21-4-2)11(9-16)19-8-7-15-6-5-10(13)14-12(15)17/h5-6,11,16H,3-4,7-9H2,1-2H3,(H2,13,14,17). The molecule has 1 atom stereocenters. The molecule has 1 rings (SSSR count). The van der Waals surface area contributed by atoms with Gasteiger partial charge in [0.2, 0.25) is 0 Å². The van der Waals surface area contributed by atoms with Gasteiger partial charge in [-0.05, 0) is 19.9 Å². The Morgan fingerprint density at radius 2 is 2.05 bits per heavy atom. The minimum Gasteiger partial charge on any atom is -0.393 e. The van der Waals surface area contributed by atoms with Crippen molar-refractivity contribution in [2.45, 2.75) is 26.2 Å². The summed E-state index contributed by atoms with van der Waals surface area (Å²) in [4.78, 5) is 15.1. The predicted molar refractivity (Wildman–Crippen MR) is 80.6 cm³/mol.